The van der Waals surface area contributed by atoms with E-state index in [9.17, 15) is 8.78 Å². The number of para-hydroxylation sites is 1. The Bertz CT molecular complexity index is 702. The molecule has 2 heterocycles. The highest BCUT2D eigenvalue weighted by Gasteiger charge is 2.35. The van der Waals surface area contributed by atoms with Crippen LogP contribution in [0.4, 0.5) is 8.78 Å². The number of nitrogens with one attached hydrogen (secondary N) is 1. The normalized spacial score (nSPS) is 17.8. The van der Waals surface area contributed by atoms with Crippen molar-refractivity contribution in [3.05, 3.63) is 60.8 Å². The first-order valence-electron chi connectivity index (χ1n) is 7.96. The van der Waals surface area contributed by atoms with Crippen molar-refractivity contribution in [2.24, 2.45) is 0 Å². The molecule has 1 atom stereocenters. The number of halogens is 2. The first-order chi connectivity index (χ1) is 11.4. The number of benzene rings is 1. The van der Waals surface area contributed by atoms with Crippen LogP contribution in [0.3, 0.4) is 0 Å². The van der Waals surface area contributed by atoms with E-state index in [1.54, 1.807) is 17.1 Å². The molecule has 2 N–H and O–H groups in total. The lowest BCUT2D eigenvalue weighted by molar-refractivity contribution is -0.0819. The van der Waals surface area contributed by atoms with Crippen LogP contribution in [0.15, 0.2) is 49.6 Å². The summed E-state index contributed by atoms with van der Waals surface area (Å²) in [5.41, 5.74) is 3.30. The van der Waals surface area contributed by atoms with Crippen molar-refractivity contribution in [2.45, 2.75) is 31.9 Å². The van der Waals surface area contributed by atoms with E-state index in [1.165, 1.54) is 10.9 Å². The second-order valence-corrected chi connectivity index (χ2v) is 6.07. The molecule has 0 amide bonds. The van der Waals surface area contributed by atoms with Gasteiger partial charge in [-0.25, -0.2) is 8.78 Å². The second kappa shape index (κ2) is 7.73. The van der Waals surface area contributed by atoms with Gasteiger partial charge in [-0.1, -0.05) is 43.5 Å². The van der Waals surface area contributed by atoms with Crippen LogP contribution in [0.1, 0.15) is 18.2 Å². The third-order valence-corrected chi connectivity index (χ3v) is 4.22. The predicted octanol–water partition coefficient (Wildman–Crippen LogP) is 3.90. The smallest absolute Gasteiger partial charge is 0.283 e. The molecule has 1 aromatic carbocycles. The van der Waals surface area contributed by atoms with Crippen LogP contribution in [-0.4, -0.2) is 40.1 Å². The number of fused-ring (bicyclic) bond motifs is 3. The molecule has 5 heteroatoms. The summed E-state index contributed by atoms with van der Waals surface area (Å²) in [5.74, 6) is -3.04. The molecule has 0 saturated carbocycles. The van der Waals surface area contributed by atoms with Crippen molar-refractivity contribution in [2.75, 3.05) is 13.2 Å². The molecular weight excluding hydrogens is 310 g/mol. The van der Waals surface area contributed by atoms with Crippen LogP contribution in [0.5, 0.6) is 0 Å². The van der Waals surface area contributed by atoms with Crippen LogP contribution < -0.4 is 0 Å². The zero-order chi connectivity index (χ0) is 17.7. The maximum absolute atomic E-state index is 13.4. The number of aromatic nitrogens is 1. The maximum Gasteiger partial charge on any atom is 0.283 e. The van der Waals surface area contributed by atoms with Crippen LogP contribution >= 0.6 is 0 Å². The molecule has 0 aliphatic carbocycles. The molecule has 0 saturated heterocycles. The second-order valence-electron chi connectivity index (χ2n) is 6.07. The number of hydrogen-bond donors (Lipinski definition) is 2. The molecule has 0 radical (unpaired) electrons. The van der Waals surface area contributed by atoms with Gasteiger partial charge in [0.2, 0.25) is 0 Å². The Balaban J connectivity index is 0.000000471. The van der Waals surface area contributed by atoms with Gasteiger partial charge >= 0.3 is 0 Å². The van der Waals surface area contributed by atoms with E-state index in [0.717, 1.165) is 17.6 Å². The summed E-state index contributed by atoms with van der Waals surface area (Å²) in [6.07, 6.45) is 4.03. The van der Waals surface area contributed by atoms with Gasteiger partial charge in [0, 0.05) is 29.2 Å². The molecule has 3 nitrogen and oxygen atoms in total. The highest BCUT2D eigenvalue weighted by atomic mass is 19.3. The molecule has 3 rings (SSSR count). The molecule has 0 unspecified atom stereocenters. The van der Waals surface area contributed by atoms with Crippen molar-refractivity contribution >= 4 is 10.9 Å². The lowest BCUT2D eigenvalue weighted by atomic mass is 9.97. The lowest BCUT2D eigenvalue weighted by Gasteiger charge is -2.35. The largest absolute Gasteiger partial charge is 0.390 e. The number of aliphatic hydroxyl groups excluding tert-OH is 1. The van der Waals surface area contributed by atoms with Gasteiger partial charge in [-0.15, -0.1) is 0 Å². The van der Waals surface area contributed by atoms with Crippen LogP contribution in [-0.2, 0) is 13.0 Å². The first-order valence-corrected chi connectivity index (χ1v) is 7.96. The molecule has 0 fully saturated rings. The van der Waals surface area contributed by atoms with Gasteiger partial charge in [0.05, 0.1) is 6.54 Å². The number of alkyl halides is 2. The Kier molecular flexibility index (Phi) is 5.91. The van der Waals surface area contributed by atoms with E-state index in [1.807, 2.05) is 25.1 Å². The Hall–Kier alpha value is -1.98. The molecule has 0 spiro atoms. The minimum absolute atomic E-state index is 0.0409. The van der Waals surface area contributed by atoms with Gasteiger partial charge in [0.15, 0.2) is 0 Å². The quantitative estimate of drug-likeness (QED) is 0.833. The number of hydrogen-bond acceptors (Lipinski definition) is 2. The Morgan fingerprint density at radius 1 is 1.33 bits per heavy atom. The standard InChI is InChI=1S/C15H18F2N2O.C4H6/c1-10-6-12-11-4-2-3-5-13(11)18-14(12)7-19(10)8-15(16,17)9-20;1-3-4-2/h2-5,10,18,20H,6-9H2,1H3;3-4H,1-2H2/t10-;/m1./s1. The van der Waals surface area contributed by atoms with Crippen molar-refractivity contribution in [1.29, 1.82) is 0 Å². The number of aliphatic hydroxyl groups is 1. The summed E-state index contributed by atoms with van der Waals surface area (Å²) in [5, 5.41) is 9.92. The number of allylic oxidation sites excluding steroid dienone is 2. The molecule has 1 aliphatic heterocycles. The van der Waals surface area contributed by atoms with Gasteiger partial charge in [0.25, 0.3) is 5.92 Å². The number of rotatable bonds is 4. The zero-order valence-electron chi connectivity index (χ0n) is 13.9. The molecule has 1 aromatic heterocycles. The van der Waals surface area contributed by atoms with Gasteiger partial charge in [0.1, 0.15) is 6.61 Å². The third kappa shape index (κ3) is 4.10. The third-order valence-electron chi connectivity index (χ3n) is 4.22. The molecular formula is C19H24F2N2O. The van der Waals surface area contributed by atoms with Crippen LogP contribution in [0, 0.1) is 0 Å². The minimum atomic E-state index is -3.04. The predicted molar refractivity (Wildman–Crippen MR) is 94.3 cm³/mol. The number of H-pyrrole nitrogens is 1. The average molecular weight is 334 g/mol. The van der Waals surface area contributed by atoms with Crippen molar-refractivity contribution in [3.8, 4) is 0 Å². The Labute approximate surface area is 141 Å². The first kappa shape index (κ1) is 18.4. The molecule has 1 aliphatic rings. The topological polar surface area (TPSA) is 39.3 Å². The highest BCUT2D eigenvalue weighted by Crippen LogP contribution is 2.31. The maximum atomic E-state index is 13.4. The summed E-state index contributed by atoms with van der Waals surface area (Å²) in [4.78, 5) is 5.05. The van der Waals surface area contributed by atoms with Crippen molar-refractivity contribution in [3.63, 3.8) is 0 Å². The van der Waals surface area contributed by atoms with E-state index >= 15 is 0 Å². The molecule has 130 valence electrons. The fourth-order valence-corrected chi connectivity index (χ4v) is 2.97. The van der Waals surface area contributed by atoms with Gasteiger partial charge in [-0.05, 0) is 25.0 Å². The van der Waals surface area contributed by atoms with E-state index in [0.29, 0.717) is 6.54 Å². The van der Waals surface area contributed by atoms with Crippen LogP contribution in [0.25, 0.3) is 10.9 Å². The van der Waals surface area contributed by atoms with Crippen molar-refractivity contribution < 1.29 is 13.9 Å². The average Bonchev–Trinajstić information content (AvgIpc) is 2.93. The Morgan fingerprint density at radius 2 is 2.00 bits per heavy atom. The van der Waals surface area contributed by atoms with Gasteiger partial charge in [-0.3, -0.25) is 4.90 Å². The summed E-state index contributed by atoms with van der Waals surface area (Å²) in [6.45, 7) is 7.65. The molecule has 24 heavy (non-hydrogen) atoms. The van der Waals surface area contributed by atoms with Crippen molar-refractivity contribution in [1.82, 2.24) is 9.88 Å². The summed E-state index contributed by atoms with van der Waals surface area (Å²) < 4.78 is 26.8. The van der Waals surface area contributed by atoms with Gasteiger partial charge in [-0.2, -0.15) is 0 Å². The zero-order valence-corrected chi connectivity index (χ0v) is 13.9. The Morgan fingerprint density at radius 3 is 2.62 bits per heavy atom. The van der Waals surface area contributed by atoms with E-state index in [-0.39, 0.29) is 6.04 Å². The van der Waals surface area contributed by atoms with Crippen LogP contribution in [0.2, 0.25) is 0 Å². The van der Waals surface area contributed by atoms with Gasteiger partial charge < -0.3 is 10.1 Å². The molecule has 0 bridgehead atoms. The van der Waals surface area contributed by atoms with E-state index in [4.69, 9.17) is 5.11 Å². The SMILES string of the molecule is C=CC=C.C[C@@H]1Cc2c([nH]c3ccccc23)CN1CC(F)(F)CO. The monoisotopic (exact) mass is 334 g/mol. The molecule has 2 aromatic rings. The van der Waals surface area contributed by atoms with E-state index in [2.05, 4.69) is 24.2 Å². The van der Waals surface area contributed by atoms with E-state index < -0.39 is 19.1 Å². The minimum Gasteiger partial charge on any atom is -0.390 e. The summed E-state index contributed by atoms with van der Waals surface area (Å²) in [6, 6.07) is 8.07. The summed E-state index contributed by atoms with van der Waals surface area (Å²) >= 11 is 0. The lowest BCUT2D eigenvalue weighted by Crippen LogP contribution is -2.46. The fraction of sp³-hybridized carbons (Fsp3) is 0.368. The fourth-order valence-electron chi connectivity index (χ4n) is 2.97. The number of aromatic amines is 1. The summed E-state index contributed by atoms with van der Waals surface area (Å²) in [7, 11) is 0. The number of nitrogens with zero attached hydrogens (tertiary/aromatic N) is 1. The highest BCUT2D eigenvalue weighted by molar-refractivity contribution is 5.84.